The highest BCUT2D eigenvalue weighted by molar-refractivity contribution is 5.37. The molecular weight excluding hydrogens is 216 g/mol. The SMILES string of the molecule is C.CC.Cc1cc(C(C)(C)C)ccc1C(C)(C)C. The molecule has 18 heavy (non-hydrogen) atoms. The average molecular weight is 250 g/mol. The summed E-state index contributed by atoms with van der Waals surface area (Å²) in [5, 5.41) is 0. The van der Waals surface area contributed by atoms with Crippen molar-refractivity contribution in [1.29, 1.82) is 0 Å². The molecule has 0 saturated carbocycles. The van der Waals surface area contributed by atoms with Gasteiger partial charge in [0, 0.05) is 0 Å². The maximum atomic E-state index is 2.33. The first-order valence-corrected chi connectivity index (χ1v) is 6.74. The molecule has 0 aliphatic carbocycles. The van der Waals surface area contributed by atoms with Gasteiger partial charge in [0.2, 0.25) is 0 Å². The van der Waals surface area contributed by atoms with Crippen LogP contribution in [0.5, 0.6) is 0 Å². The molecule has 0 unspecified atom stereocenters. The topological polar surface area (TPSA) is 0 Å². The Bertz CT molecular complexity index is 345. The number of benzene rings is 1. The normalized spacial score (nSPS) is 11.2. The van der Waals surface area contributed by atoms with Gasteiger partial charge in [0.25, 0.3) is 0 Å². The first-order chi connectivity index (χ1) is 7.62. The largest absolute Gasteiger partial charge is 0.0776 e. The summed E-state index contributed by atoms with van der Waals surface area (Å²) in [6, 6.07) is 6.89. The van der Waals surface area contributed by atoms with Gasteiger partial charge >= 0.3 is 0 Å². The molecule has 0 nitrogen and oxygen atoms in total. The number of aryl methyl sites for hydroxylation is 1. The summed E-state index contributed by atoms with van der Waals surface area (Å²) in [5.74, 6) is 0. The maximum absolute atomic E-state index is 2.33. The minimum absolute atomic E-state index is 0. The van der Waals surface area contributed by atoms with Gasteiger partial charge in [0.05, 0.1) is 0 Å². The van der Waals surface area contributed by atoms with Gasteiger partial charge in [-0.25, -0.2) is 0 Å². The number of hydrogen-bond donors (Lipinski definition) is 0. The van der Waals surface area contributed by atoms with Gasteiger partial charge in [0.15, 0.2) is 0 Å². The van der Waals surface area contributed by atoms with E-state index in [0.29, 0.717) is 0 Å². The van der Waals surface area contributed by atoms with E-state index in [-0.39, 0.29) is 18.3 Å². The number of hydrogen-bond acceptors (Lipinski definition) is 0. The highest BCUT2D eigenvalue weighted by Crippen LogP contribution is 2.30. The Kier molecular flexibility index (Phi) is 7.57. The van der Waals surface area contributed by atoms with Gasteiger partial charge in [-0.3, -0.25) is 0 Å². The van der Waals surface area contributed by atoms with Crippen LogP contribution in [0.2, 0.25) is 0 Å². The molecule has 0 bridgehead atoms. The lowest BCUT2D eigenvalue weighted by atomic mass is 9.80. The van der Waals surface area contributed by atoms with E-state index < -0.39 is 0 Å². The molecule has 0 aliphatic heterocycles. The Balaban J connectivity index is 0. The van der Waals surface area contributed by atoms with E-state index in [4.69, 9.17) is 0 Å². The fourth-order valence-electron chi connectivity index (χ4n) is 1.97. The molecule has 0 fully saturated rings. The first kappa shape index (κ1) is 19.6. The average Bonchev–Trinajstić information content (AvgIpc) is 2.17. The third kappa shape index (κ3) is 5.25. The second-order valence-corrected chi connectivity index (χ2v) is 6.53. The van der Waals surface area contributed by atoms with E-state index in [2.05, 4.69) is 66.7 Å². The van der Waals surface area contributed by atoms with E-state index in [1.807, 2.05) is 13.8 Å². The fourth-order valence-corrected chi connectivity index (χ4v) is 1.97. The summed E-state index contributed by atoms with van der Waals surface area (Å²) in [5.41, 5.74) is 4.79. The second-order valence-electron chi connectivity index (χ2n) is 6.53. The molecule has 0 spiro atoms. The zero-order valence-corrected chi connectivity index (χ0v) is 13.2. The summed E-state index contributed by atoms with van der Waals surface area (Å²) in [4.78, 5) is 0. The van der Waals surface area contributed by atoms with E-state index in [1.165, 1.54) is 16.7 Å². The van der Waals surface area contributed by atoms with E-state index in [9.17, 15) is 0 Å². The van der Waals surface area contributed by atoms with E-state index in [0.717, 1.165) is 0 Å². The molecule has 0 heteroatoms. The van der Waals surface area contributed by atoms with Crippen LogP contribution < -0.4 is 0 Å². The maximum Gasteiger partial charge on any atom is -0.0129 e. The summed E-state index contributed by atoms with van der Waals surface area (Å²) in [7, 11) is 0. The Hall–Kier alpha value is -0.780. The predicted octanol–water partition coefficient (Wildman–Crippen LogP) is 6.25. The molecular formula is C18H34. The van der Waals surface area contributed by atoms with E-state index >= 15 is 0 Å². The summed E-state index contributed by atoms with van der Waals surface area (Å²) in [6.45, 7) is 19.8. The highest BCUT2D eigenvalue weighted by Gasteiger charge is 2.19. The molecule has 1 rings (SSSR count). The standard InChI is InChI=1S/C15H24.C2H6.CH4/c1-11-10-12(14(2,3)4)8-9-13(11)15(5,6)7;1-2;/h8-10H,1-7H3;1-2H3;1H4. The minimum atomic E-state index is 0. The van der Waals surface area contributed by atoms with Crippen LogP contribution in [0.15, 0.2) is 18.2 Å². The lowest BCUT2D eigenvalue weighted by Gasteiger charge is -2.25. The monoisotopic (exact) mass is 250 g/mol. The minimum Gasteiger partial charge on any atom is -0.0776 e. The molecule has 0 aliphatic rings. The van der Waals surface area contributed by atoms with Crippen LogP contribution >= 0.6 is 0 Å². The summed E-state index contributed by atoms with van der Waals surface area (Å²) >= 11 is 0. The molecule has 0 N–H and O–H groups in total. The predicted molar refractivity (Wildman–Crippen MR) is 86.7 cm³/mol. The quantitative estimate of drug-likeness (QED) is 0.510. The van der Waals surface area contributed by atoms with Crippen molar-refractivity contribution in [3.05, 3.63) is 34.9 Å². The molecule has 1 aromatic rings. The van der Waals surface area contributed by atoms with Crippen LogP contribution in [-0.2, 0) is 10.8 Å². The van der Waals surface area contributed by atoms with Crippen LogP contribution in [0.1, 0.15) is 79.5 Å². The lowest BCUT2D eigenvalue weighted by molar-refractivity contribution is 0.573. The molecule has 0 amide bonds. The van der Waals surface area contributed by atoms with Crippen LogP contribution in [0.25, 0.3) is 0 Å². The van der Waals surface area contributed by atoms with Crippen LogP contribution in [-0.4, -0.2) is 0 Å². The van der Waals surface area contributed by atoms with Gasteiger partial charge in [0.1, 0.15) is 0 Å². The van der Waals surface area contributed by atoms with Gasteiger partial charge in [-0.2, -0.15) is 0 Å². The smallest absolute Gasteiger partial charge is 0.0129 e. The molecule has 0 heterocycles. The summed E-state index contributed by atoms with van der Waals surface area (Å²) < 4.78 is 0. The van der Waals surface area contributed by atoms with Crippen molar-refractivity contribution >= 4 is 0 Å². The first-order valence-electron chi connectivity index (χ1n) is 6.74. The van der Waals surface area contributed by atoms with Crippen molar-refractivity contribution in [1.82, 2.24) is 0 Å². The Labute approximate surface area is 116 Å². The molecule has 0 atom stereocenters. The fraction of sp³-hybridized carbons (Fsp3) is 0.667. The van der Waals surface area contributed by atoms with Gasteiger partial charge in [-0.05, 0) is 34.4 Å². The van der Waals surface area contributed by atoms with Crippen molar-refractivity contribution < 1.29 is 0 Å². The molecule has 106 valence electrons. The van der Waals surface area contributed by atoms with Crippen LogP contribution in [0.4, 0.5) is 0 Å². The van der Waals surface area contributed by atoms with Crippen molar-refractivity contribution in [2.75, 3.05) is 0 Å². The van der Waals surface area contributed by atoms with Crippen LogP contribution in [0, 0.1) is 6.92 Å². The highest BCUT2D eigenvalue weighted by atomic mass is 14.2. The zero-order valence-electron chi connectivity index (χ0n) is 13.2. The Morgan fingerprint density at radius 2 is 1.22 bits per heavy atom. The van der Waals surface area contributed by atoms with Crippen molar-refractivity contribution in [2.45, 2.75) is 80.6 Å². The summed E-state index contributed by atoms with van der Waals surface area (Å²) in [6.07, 6.45) is 0. The molecule has 0 aromatic heterocycles. The lowest BCUT2D eigenvalue weighted by Crippen LogP contribution is -2.16. The number of rotatable bonds is 0. The third-order valence-electron chi connectivity index (χ3n) is 2.90. The van der Waals surface area contributed by atoms with Gasteiger partial charge in [-0.1, -0.05) is 81.0 Å². The molecule has 0 radical (unpaired) electrons. The molecule has 0 saturated heterocycles. The molecule has 1 aromatic carbocycles. The van der Waals surface area contributed by atoms with Crippen molar-refractivity contribution in [3.63, 3.8) is 0 Å². The second kappa shape index (κ2) is 6.97. The Morgan fingerprint density at radius 3 is 1.50 bits per heavy atom. The Morgan fingerprint density at radius 1 is 0.778 bits per heavy atom. The van der Waals surface area contributed by atoms with E-state index in [1.54, 1.807) is 0 Å². The van der Waals surface area contributed by atoms with Crippen LogP contribution in [0.3, 0.4) is 0 Å². The van der Waals surface area contributed by atoms with Crippen molar-refractivity contribution in [2.24, 2.45) is 0 Å². The van der Waals surface area contributed by atoms with Crippen molar-refractivity contribution in [3.8, 4) is 0 Å². The van der Waals surface area contributed by atoms with Gasteiger partial charge < -0.3 is 0 Å². The zero-order chi connectivity index (χ0) is 13.9. The van der Waals surface area contributed by atoms with Gasteiger partial charge in [-0.15, -0.1) is 0 Å². The third-order valence-corrected chi connectivity index (χ3v) is 2.90.